The highest BCUT2D eigenvalue weighted by Gasteiger charge is 2.09. The molecule has 1 aromatic rings. The van der Waals surface area contributed by atoms with Gasteiger partial charge in [-0.2, -0.15) is 0 Å². The molecule has 0 aliphatic heterocycles. The van der Waals surface area contributed by atoms with Crippen LogP contribution in [0.4, 0.5) is 4.39 Å². The van der Waals surface area contributed by atoms with Crippen LogP contribution in [0, 0.1) is 5.82 Å². The van der Waals surface area contributed by atoms with Crippen LogP contribution in [0.5, 0.6) is 5.75 Å². The van der Waals surface area contributed by atoms with E-state index in [-0.39, 0.29) is 5.75 Å². The number of nitrogens with one attached hydrogen (secondary N) is 1. The molecule has 0 unspecified atom stereocenters. The van der Waals surface area contributed by atoms with Crippen LogP contribution in [0.2, 0.25) is 0 Å². The van der Waals surface area contributed by atoms with Crippen molar-refractivity contribution >= 4 is 15.9 Å². The fourth-order valence-corrected chi connectivity index (χ4v) is 1.59. The number of rotatable bonds is 3. The van der Waals surface area contributed by atoms with E-state index in [1.54, 1.807) is 6.07 Å². The number of aromatic hydroxyl groups is 1. The maximum absolute atomic E-state index is 12.9. The Hall–Kier alpha value is -0.610. The molecule has 0 aliphatic rings. The molecule has 2 nitrogen and oxygen atoms in total. The summed E-state index contributed by atoms with van der Waals surface area (Å²) >= 11 is 3.26. The van der Waals surface area contributed by atoms with Crippen molar-refractivity contribution in [2.24, 2.45) is 0 Å². The van der Waals surface area contributed by atoms with Crippen LogP contribution in [-0.4, -0.2) is 18.7 Å². The number of likely N-dealkylation sites (N-methyl/N-ethyl adjacent to an activating group) is 1. The number of halogens is 2. The first-order valence-corrected chi connectivity index (χ1v) is 4.76. The molecule has 0 saturated heterocycles. The van der Waals surface area contributed by atoms with Gasteiger partial charge in [-0.15, -0.1) is 0 Å². The van der Waals surface area contributed by atoms with Crippen molar-refractivity contribution in [1.29, 1.82) is 0 Å². The van der Waals surface area contributed by atoms with E-state index in [0.29, 0.717) is 18.5 Å². The zero-order chi connectivity index (χ0) is 9.84. The van der Waals surface area contributed by atoms with Gasteiger partial charge in [0.25, 0.3) is 0 Å². The van der Waals surface area contributed by atoms with Gasteiger partial charge in [0.1, 0.15) is 0 Å². The monoisotopic (exact) mass is 247 g/mol. The van der Waals surface area contributed by atoms with E-state index in [9.17, 15) is 9.50 Å². The molecule has 0 bridgehead atoms. The highest BCUT2D eigenvalue weighted by molar-refractivity contribution is 9.10. The average Bonchev–Trinajstić information content (AvgIpc) is 2.12. The van der Waals surface area contributed by atoms with E-state index >= 15 is 0 Å². The summed E-state index contributed by atoms with van der Waals surface area (Å²) in [6, 6.07) is 2.84. The number of benzene rings is 1. The van der Waals surface area contributed by atoms with Gasteiger partial charge in [-0.1, -0.05) is 15.9 Å². The van der Waals surface area contributed by atoms with E-state index in [1.807, 2.05) is 7.05 Å². The molecular formula is C9H11BrFNO. The Morgan fingerprint density at radius 1 is 1.54 bits per heavy atom. The lowest BCUT2D eigenvalue weighted by atomic mass is 10.1. The van der Waals surface area contributed by atoms with Crippen molar-refractivity contribution in [1.82, 2.24) is 5.32 Å². The summed E-state index contributed by atoms with van der Waals surface area (Å²) in [5.41, 5.74) is 0.606. The maximum atomic E-state index is 12.9. The van der Waals surface area contributed by atoms with Crippen molar-refractivity contribution in [3.8, 4) is 5.75 Å². The zero-order valence-corrected chi connectivity index (χ0v) is 8.86. The zero-order valence-electron chi connectivity index (χ0n) is 7.27. The summed E-state index contributed by atoms with van der Waals surface area (Å²) in [5, 5.41) is 12.3. The van der Waals surface area contributed by atoms with Gasteiger partial charge in [-0.25, -0.2) is 4.39 Å². The summed E-state index contributed by atoms with van der Waals surface area (Å²) in [6.07, 6.45) is 0.598. The molecule has 0 heterocycles. The second-order valence-electron chi connectivity index (χ2n) is 2.71. The Morgan fingerprint density at radius 3 is 2.85 bits per heavy atom. The first-order valence-electron chi connectivity index (χ1n) is 3.97. The summed E-state index contributed by atoms with van der Waals surface area (Å²) < 4.78 is 13.6. The standard InChI is InChI=1S/C9H11BrFNO/c1-12-5-4-6-7(10)2-3-8(11)9(6)13/h2-3,12-13H,4-5H2,1H3. The van der Waals surface area contributed by atoms with E-state index < -0.39 is 5.82 Å². The molecule has 2 N–H and O–H groups in total. The molecule has 0 atom stereocenters. The fraction of sp³-hybridized carbons (Fsp3) is 0.333. The van der Waals surface area contributed by atoms with Crippen molar-refractivity contribution in [3.05, 3.63) is 28.0 Å². The van der Waals surface area contributed by atoms with E-state index in [4.69, 9.17) is 0 Å². The first-order chi connectivity index (χ1) is 6.16. The van der Waals surface area contributed by atoms with Crippen LogP contribution >= 0.6 is 15.9 Å². The van der Waals surface area contributed by atoms with E-state index in [2.05, 4.69) is 21.2 Å². The number of phenols is 1. The molecule has 72 valence electrons. The normalized spacial score (nSPS) is 10.4. The van der Waals surface area contributed by atoms with Crippen LogP contribution in [-0.2, 0) is 6.42 Å². The van der Waals surface area contributed by atoms with Crippen LogP contribution in [0.25, 0.3) is 0 Å². The maximum Gasteiger partial charge on any atom is 0.165 e. The Morgan fingerprint density at radius 2 is 2.23 bits per heavy atom. The number of hydrogen-bond donors (Lipinski definition) is 2. The third kappa shape index (κ3) is 2.42. The van der Waals surface area contributed by atoms with E-state index in [1.165, 1.54) is 6.07 Å². The number of phenolic OH excluding ortho intramolecular Hbond substituents is 1. The molecule has 1 rings (SSSR count). The second kappa shape index (κ2) is 4.58. The quantitative estimate of drug-likeness (QED) is 0.858. The summed E-state index contributed by atoms with van der Waals surface area (Å²) in [6.45, 7) is 0.704. The molecule has 4 heteroatoms. The number of hydrogen-bond acceptors (Lipinski definition) is 2. The first kappa shape index (κ1) is 10.5. The van der Waals surface area contributed by atoms with Gasteiger partial charge in [0.15, 0.2) is 11.6 Å². The smallest absolute Gasteiger partial charge is 0.165 e. The third-order valence-electron chi connectivity index (χ3n) is 1.80. The highest BCUT2D eigenvalue weighted by atomic mass is 79.9. The molecule has 13 heavy (non-hydrogen) atoms. The topological polar surface area (TPSA) is 32.3 Å². The molecule has 0 aliphatic carbocycles. The van der Waals surface area contributed by atoms with Crippen LogP contribution < -0.4 is 5.32 Å². The van der Waals surface area contributed by atoms with Gasteiger partial charge in [0.2, 0.25) is 0 Å². The van der Waals surface area contributed by atoms with Gasteiger partial charge >= 0.3 is 0 Å². The predicted molar refractivity (Wildman–Crippen MR) is 53.4 cm³/mol. The molecule has 0 radical (unpaired) electrons. The molecule has 0 fully saturated rings. The highest BCUT2D eigenvalue weighted by Crippen LogP contribution is 2.28. The molecule has 0 amide bonds. The Labute approximate surface area is 84.9 Å². The molecule has 0 saturated carbocycles. The van der Waals surface area contributed by atoms with Gasteiger partial charge in [0.05, 0.1) is 0 Å². The van der Waals surface area contributed by atoms with Crippen molar-refractivity contribution in [3.63, 3.8) is 0 Å². The van der Waals surface area contributed by atoms with Crippen molar-refractivity contribution in [2.75, 3.05) is 13.6 Å². The van der Waals surface area contributed by atoms with E-state index in [0.717, 1.165) is 4.47 Å². The fourth-order valence-electron chi connectivity index (χ4n) is 1.07. The second-order valence-corrected chi connectivity index (χ2v) is 3.56. The summed E-state index contributed by atoms with van der Waals surface area (Å²) in [4.78, 5) is 0. The lowest BCUT2D eigenvalue weighted by Gasteiger charge is -2.07. The Kier molecular flexibility index (Phi) is 3.69. The lowest BCUT2D eigenvalue weighted by Crippen LogP contribution is -2.10. The predicted octanol–water partition coefficient (Wildman–Crippen LogP) is 2.06. The SMILES string of the molecule is CNCCc1c(Br)ccc(F)c1O. The van der Waals surface area contributed by atoms with Crippen molar-refractivity contribution in [2.45, 2.75) is 6.42 Å². The minimum atomic E-state index is -0.575. The molecule has 0 aromatic heterocycles. The molecular weight excluding hydrogens is 237 g/mol. The Balaban J connectivity index is 2.96. The molecule has 0 spiro atoms. The Bertz CT molecular complexity index is 304. The largest absolute Gasteiger partial charge is 0.505 e. The minimum absolute atomic E-state index is 0.260. The van der Waals surface area contributed by atoms with Crippen LogP contribution in [0.3, 0.4) is 0 Å². The summed E-state index contributed by atoms with van der Waals surface area (Å²) in [7, 11) is 1.81. The third-order valence-corrected chi connectivity index (χ3v) is 2.54. The van der Waals surface area contributed by atoms with Crippen LogP contribution in [0.1, 0.15) is 5.56 Å². The van der Waals surface area contributed by atoms with Gasteiger partial charge < -0.3 is 10.4 Å². The van der Waals surface area contributed by atoms with Gasteiger partial charge in [-0.3, -0.25) is 0 Å². The molecule has 1 aromatic carbocycles. The van der Waals surface area contributed by atoms with Gasteiger partial charge in [-0.05, 0) is 32.1 Å². The van der Waals surface area contributed by atoms with Crippen molar-refractivity contribution < 1.29 is 9.50 Å². The average molecular weight is 248 g/mol. The van der Waals surface area contributed by atoms with Gasteiger partial charge in [0, 0.05) is 10.0 Å². The lowest BCUT2D eigenvalue weighted by molar-refractivity contribution is 0.425. The van der Waals surface area contributed by atoms with Crippen LogP contribution in [0.15, 0.2) is 16.6 Å². The summed E-state index contributed by atoms with van der Waals surface area (Å²) in [5.74, 6) is -0.834. The minimum Gasteiger partial charge on any atom is -0.505 e.